The van der Waals surface area contributed by atoms with Gasteiger partial charge in [-0.05, 0) is 29.7 Å². The summed E-state index contributed by atoms with van der Waals surface area (Å²) < 4.78 is 45.0. The summed E-state index contributed by atoms with van der Waals surface area (Å²) in [6.07, 6.45) is -4.02. The smallest absolute Gasteiger partial charge is 0.425 e. The number of hydrogen-bond donors (Lipinski definition) is 1. The number of ether oxygens (including phenoxy) is 1. The van der Waals surface area contributed by atoms with Gasteiger partial charge in [0.1, 0.15) is 0 Å². The lowest BCUT2D eigenvalue weighted by molar-refractivity contribution is -0.148. The Kier molecular flexibility index (Phi) is 7.36. The predicted molar refractivity (Wildman–Crippen MR) is 102 cm³/mol. The number of carbonyl (C=O) groups excluding carboxylic acids is 1. The lowest BCUT2D eigenvalue weighted by Crippen LogP contribution is -2.25. The van der Waals surface area contributed by atoms with Gasteiger partial charge in [-0.1, -0.05) is 49.4 Å². The molecule has 0 spiro atoms. The van der Waals surface area contributed by atoms with E-state index in [9.17, 15) is 18.0 Å². The summed E-state index contributed by atoms with van der Waals surface area (Å²) in [5, 5.41) is 2.45. The summed E-state index contributed by atoms with van der Waals surface area (Å²) in [4.78, 5) is 11.8. The Morgan fingerprint density at radius 1 is 1.04 bits per heavy atom. The van der Waals surface area contributed by atoms with Gasteiger partial charge in [0.25, 0.3) is 0 Å². The molecule has 0 bridgehead atoms. The predicted octanol–water partition coefficient (Wildman–Crippen LogP) is 5.54. The Hall–Kier alpha value is -2.41. The highest BCUT2D eigenvalue weighted by Gasteiger charge is 2.42. The minimum absolute atomic E-state index is 0.271. The van der Waals surface area contributed by atoms with Crippen molar-refractivity contribution >= 4 is 23.4 Å². The molecule has 0 aromatic heterocycles. The maximum absolute atomic E-state index is 13.5. The average Bonchev–Trinajstić information content (AvgIpc) is 2.66. The number of aryl methyl sites for hydroxylation is 1. The number of halogens is 3. The molecule has 0 aliphatic rings. The molecule has 0 aliphatic heterocycles. The van der Waals surface area contributed by atoms with Crippen LogP contribution < -0.4 is 5.32 Å². The zero-order valence-electron chi connectivity index (χ0n) is 15.0. The van der Waals surface area contributed by atoms with Crippen molar-refractivity contribution < 1.29 is 22.7 Å². The zero-order chi connectivity index (χ0) is 19.9. The molecule has 0 aliphatic carbocycles. The molecule has 0 saturated carbocycles. The number of nitrogens with one attached hydrogen (secondary N) is 1. The van der Waals surface area contributed by atoms with Crippen molar-refractivity contribution in [3.63, 3.8) is 0 Å². The van der Waals surface area contributed by atoms with Crippen LogP contribution in [-0.4, -0.2) is 19.3 Å². The van der Waals surface area contributed by atoms with E-state index in [0.717, 1.165) is 36.4 Å². The second-order valence-electron chi connectivity index (χ2n) is 5.64. The highest BCUT2D eigenvalue weighted by atomic mass is 32.2. The van der Waals surface area contributed by atoms with Gasteiger partial charge >= 0.3 is 12.1 Å². The molecule has 3 nitrogen and oxygen atoms in total. The molecule has 0 saturated heterocycles. The second kappa shape index (κ2) is 9.50. The Morgan fingerprint density at radius 2 is 1.67 bits per heavy atom. The fourth-order valence-electron chi connectivity index (χ4n) is 2.29. The molecule has 7 heteroatoms. The summed E-state index contributed by atoms with van der Waals surface area (Å²) in [6.45, 7) is 1.99. The molecule has 0 atom stereocenters. The van der Waals surface area contributed by atoms with Gasteiger partial charge in [0.2, 0.25) is 0 Å². The molecule has 0 radical (unpaired) electrons. The first-order valence-electron chi connectivity index (χ1n) is 8.27. The van der Waals surface area contributed by atoms with Crippen LogP contribution in [0.1, 0.15) is 18.1 Å². The van der Waals surface area contributed by atoms with E-state index in [4.69, 9.17) is 0 Å². The van der Waals surface area contributed by atoms with Gasteiger partial charge in [0.15, 0.2) is 5.57 Å². The van der Waals surface area contributed by atoms with Gasteiger partial charge in [0.05, 0.1) is 12.1 Å². The summed E-state index contributed by atoms with van der Waals surface area (Å²) in [6, 6.07) is 16.1. The number of thioether (sulfide) groups is 1. The van der Waals surface area contributed by atoms with E-state index >= 15 is 0 Å². The van der Waals surface area contributed by atoms with Crippen LogP contribution in [0.15, 0.2) is 65.2 Å². The maximum Gasteiger partial charge on any atom is 0.425 e. The van der Waals surface area contributed by atoms with Crippen LogP contribution >= 0.6 is 11.8 Å². The number of benzene rings is 2. The van der Waals surface area contributed by atoms with Crippen molar-refractivity contribution in [2.24, 2.45) is 0 Å². The average molecular weight is 395 g/mol. The van der Waals surface area contributed by atoms with Crippen molar-refractivity contribution in [2.75, 3.05) is 12.4 Å². The van der Waals surface area contributed by atoms with E-state index < -0.39 is 17.7 Å². The highest BCUT2D eigenvalue weighted by molar-refractivity contribution is 8.02. The maximum atomic E-state index is 13.5. The van der Waals surface area contributed by atoms with Gasteiger partial charge in [-0.25, -0.2) is 4.79 Å². The summed E-state index contributed by atoms with van der Waals surface area (Å²) in [5.41, 5.74) is 1.03. The van der Waals surface area contributed by atoms with Crippen molar-refractivity contribution in [3.8, 4) is 0 Å². The van der Waals surface area contributed by atoms with Gasteiger partial charge in [-0.3, -0.25) is 0 Å². The van der Waals surface area contributed by atoms with Crippen molar-refractivity contribution in [1.82, 2.24) is 0 Å². The number of hydrogen-bond acceptors (Lipinski definition) is 4. The lowest BCUT2D eigenvalue weighted by Gasteiger charge is -2.18. The van der Waals surface area contributed by atoms with Crippen LogP contribution in [0.2, 0.25) is 0 Å². The molecule has 27 heavy (non-hydrogen) atoms. The first-order valence-corrected chi connectivity index (χ1v) is 9.26. The number of carbonyl (C=O) groups is 1. The minimum Gasteiger partial charge on any atom is -0.465 e. The van der Waals surface area contributed by atoms with Crippen LogP contribution in [0.5, 0.6) is 0 Å². The van der Waals surface area contributed by atoms with Crippen molar-refractivity contribution in [2.45, 2.75) is 25.3 Å². The lowest BCUT2D eigenvalue weighted by atomic mass is 10.1. The van der Waals surface area contributed by atoms with Gasteiger partial charge in [-0.2, -0.15) is 13.2 Å². The van der Waals surface area contributed by atoms with Gasteiger partial charge in [-0.15, -0.1) is 11.8 Å². The third-order valence-corrected chi connectivity index (χ3v) is 4.82. The molecule has 144 valence electrons. The van der Waals surface area contributed by atoms with Crippen molar-refractivity contribution in [1.29, 1.82) is 0 Å². The topological polar surface area (TPSA) is 38.3 Å². The van der Waals surface area contributed by atoms with E-state index in [2.05, 4.69) is 10.1 Å². The molecule has 0 amide bonds. The molecule has 2 rings (SSSR count). The third kappa shape index (κ3) is 6.06. The molecular formula is C20H20F3NO2S. The molecule has 2 aromatic carbocycles. The van der Waals surface area contributed by atoms with Gasteiger partial charge in [0, 0.05) is 11.4 Å². The number of alkyl halides is 3. The molecular weight excluding hydrogens is 375 g/mol. The van der Waals surface area contributed by atoms with Crippen molar-refractivity contribution in [3.05, 3.63) is 76.3 Å². The summed E-state index contributed by atoms with van der Waals surface area (Å²) in [7, 11) is 0.934. The van der Waals surface area contributed by atoms with E-state index in [-0.39, 0.29) is 10.8 Å². The van der Waals surface area contributed by atoms with Crippen LogP contribution in [0.3, 0.4) is 0 Å². The molecule has 0 fully saturated rings. The fraction of sp³-hybridized carbons (Fsp3) is 0.250. The Balaban J connectivity index is 2.38. The number of esters is 1. The fourth-order valence-corrected chi connectivity index (χ4v) is 3.33. The van der Waals surface area contributed by atoms with E-state index in [1.54, 1.807) is 24.3 Å². The molecule has 1 N–H and O–H groups in total. The summed E-state index contributed by atoms with van der Waals surface area (Å²) in [5.74, 6) is -1.15. The Morgan fingerprint density at radius 3 is 2.19 bits per heavy atom. The number of anilines is 1. The van der Waals surface area contributed by atoms with E-state index in [1.807, 2.05) is 37.3 Å². The zero-order valence-corrected chi connectivity index (χ0v) is 15.8. The normalized spacial score (nSPS) is 12.3. The standard InChI is InChI=1S/C20H20F3NO2S/c1-3-14-9-11-16(12-10-14)24-18(17(19(25)26-2)20(21,22)23)27-13-15-7-5-4-6-8-15/h4-12,24H,3,13H2,1-2H3/b18-17-. The Bertz CT molecular complexity index is 787. The minimum atomic E-state index is -4.84. The molecule has 0 heterocycles. The monoisotopic (exact) mass is 395 g/mol. The van der Waals surface area contributed by atoms with Crippen LogP contribution in [0.4, 0.5) is 18.9 Å². The third-order valence-electron chi connectivity index (χ3n) is 3.75. The van der Waals surface area contributed by atoms with Gasteiger partial charge < -0.3 is 10.1 Å². The van der Waals surface area contributed by atoms with Crippen LogP contribution in [0, 0.1) is 0 Å². The van der Waals surface area contributed by atoms with E-state index in [0.29, 0.717) is 5.69 Å². The molecule has 0 unspecified atom stereocenters. The highest BCUT2D eigenvalue weighted by Crippen LogP contribution is 2.35. The van der Waals surface area contributed by atoms with Crippen LogP contribution in [-0.2, 0) is 21.7 Å². The first kappa shape index (κ1) is 20.9. The Labute approximate surface area is 160 Å². The van der Waals surface area contributed by atoms with Crippen LogP contribution in [0.25, 0.3) is 0 Å². The number of rotatable bonds is 7. The van der Waals surface area contributed by atoms with E-state index in [1.165, 1.54) is 0 Å². The quantitative estimate of drug-likeness (QED) is 0.493. The SMILES string of the molecule is CCc1ccc(N/C(SCc2ccccc2)=C(\C(=O)OC)C(F)(F)F)cc1. The largest absolute Gasteiger partial charge is 0.465 e. The summed E-state index contributed by atoms with van der Waals surface area (Å²) >= 11 is 0.906. The second-order valence-corrected chi connectivity index (χ2v) is 6.63. The first-order chi connectivity index (χ1) is 12.8. The molecule has 2 aromatic rings. The number of methoxy groups -OCH3 is 1.